The maximum atomic E-state index is 12.0. The van der Waals surface area contributed by atoms with Gasteiger partial charge >= 0.3 is 0 Å². The lowest BCUT2D eigenvalue weighted by Crippen LogP contribution is -2.28. The molecule has 2 rings (SSSR count). The molecule has 0 aromatic carbocycles. The van der Waals surface area contributed by atoms with Crippen LogP contribution in [-0.2, 0) is 10.0 Å². The van der Waals surface area contributed by atoms with Crippen LogP contribution < -0.4 is 4.72 Å². The fourth-order valence-electron chi connectivity index (χ4n) is 2.25. The Bertz CT molecular complexity index is 483. The minimum absolute atomic E-state index is 0.385. The summed E-state index contributed by atoms with van der Waals surface area (Å²) < 4.78 is 27.9. The van der Waals surface area contributed by atoms with Crippen LogP contribution in [0.5, 0.6) is 0 Å². The highest BCUT2D eigenvalue weighted by atomic mass is 79.9. The highest BCUT2D eigenvalue weighted by molar-refractivity contribution is 9.11. The molecule has 1 heterocycles. The van der Waals surface area contributed by atoms with Crippen LogP contribution >= 0.6 is 27.3 Å². The highest BCUT2D eigenvalue weighted by Gasteiger charge is 2.24. The molecule has 1 N–H and O–H groups in total. The summed E-state index contributed by atoms with van der Waals surface area (Å²) in [7, 11) is -3.31. The van der Waals surface area contributed by atoms with Crippen molar-refractivity contribution in [3.8, 4) is 0 Å². The average Bonchev–Trinajstić information content (AvgIpc) is 2.85. The third-order valence-corrected chi connectivity index (χ3v) is 6.72. The third-order valence-electron chi connectivity index (χ3n) is 3.18. The van der Waals surface area contributed by atoms with Gasteiger partial charge in [-0.25, -0.2) is 13.1 Å². The largest absolute Gasteiger partial charge is 0.250 e. The molecule has 0 bridgehead atoms. The molecule has 3 nitrogen and oxygen atoms in total. The Balaban J connectivity index is 1.94. The molecule has 1 fully saturated rings. The summed E-state index contributed by atoms with van der Waals surface area (Å²) in [6, 6.07) is 3.39. The smallest absolute Gasteiger partial charge is 0.210 e. The van der Waals surface area contributed by atoms with E-state index in [0.29, 0.717) is 16.7 Å². The normalized spacial score (nSPS) is 25.3. The first-order valence-electron chi connectivity index (χ1n) is 5.72. The standard InChI is InChI=1S/C11H16BrNO2S2/c1-8-2-3-9(6-8)7-13-17(14,15)11-5-4-10(12)16-11/h4-5,8-9,13H,2-3,6-7H2,1H3. The van der Waals surface area contributed by atoms with E-state index in [-0.39, 0.29) is 0 Å². The topological polar surface area (TPSA) is 46.2 Å². The molecule has 0 amide bonds. The lowest BCUT2D eigenvalue weighted by atomic mass is 10.1. The molecule has 1 aromatic rings. The molecule has 6 heteroatoms. The van der Waals surface area contributed by atoms with Crippen molar-refractivity contribution < 1.29 is 8.42 Å². The Labute approximate surface area is 115 Å². The van der Waals surface area contributed by atoms with Crippen LogP contribution in [0, 0.1) is 11.8 Å². The van der Waals surface area contributed by atoms with E-state index in [0.717, 1.165) is 22.5 Å². The molecule has 96 valence electrons. The molecule has 0 saturated heterocycles. The maximum absolute atomic E-state index is 12.0. The van der Waals surface area contributed by atoms with Gasteiger partial charge in [0.05, 0.1) is 3.79 Å². The summed E-state index contributed by atoms with van der Waals surface area (Å²) in [4.78, 5) is 0. The number of nitrogens with one attached hydrogen (secondary N) is 1. The van der Waals surface area contributed by atoms with Crippen LogP contribution in [0.1, 0.15) is 26.2 Å². The average molecular weight is 338 g/mol. The predicted molar refractivity (Wildman–Crippen MR) is 73.7 cm³/mol. The van der Waals surface area contributed by atoms with Crippen LogP contribution in [0.15, 0.2) is 20.1 Å². The Hall–Kier alpha value is 0.0900. The van der Waals surface area contributed by atoms with Gasteiger partial charge in [0.1, 0.15) is 4.21 Å². The van der Waals surface area contributed by atoms with Crippen molar-refractivity contribution in [2.75, 3.05) is 6.54 Å². The van der Waals surface area contributed by atoms with Gasteiger partial charge < -0.3 is 0 Å². The van der Waals surface area contributed by atoms with Gasteiger partial charge in [-0.15, -0.1) is 11.3 Å². The van der Waals surface area contributed by atoms with Crippen LogP contribution in [0.25, 0.3) is 0 Å². The quantitative estimate of drug-likeness (QED) is 0.916. The Morgan fingerprint density at radius 3 is 2.76 bits per heavy atom. The first kappa shape index (κ1) is 13.5. The maximum Gasteiger partial charge on any atom is 0.250 e. The number of sulfonamides is 1. The fraction of sp³-hybridized carbons (Fsp3) is 0.636. The van der Waals surface area contributed by atoms with Gasteiger partial charge in [0.15, 0.2) is 0 Å². The highest BCUT2D eigenvalue weighted by Crippen LogP contribution is 2.30. The minimum Gasteiger partial charge on any atom is -0.210 e. The van der Waals surface area contributed by atoms with E-state index in [1.54, 1.807) is 12.1 Å². The van der Waals surface area contributed by atoms with Crippen LogP contribution in [0.4, 0.5) is 0 Å². The van der Waals surface area contributed by atoms with Gasteiger partial charge in [-0.2, -0.15) is 0 Å². The van der Waals surface area contributed by atoms with Gasteiger partial charge in [-0.05, 0) is 52.7 Å². The zero-order valence-corrected chi connectivity index (χ0v) is 12.9. The second-order valence-electron chi connectivity index (χ2n) is 4.69. The number of rotatable bonds is 4. The second kappa shape index (κ2) is 5.38. The molecule has 1 aromatic heterocycles. The molecule has 0 spiro atoms. The van der Waals surface area contributed by atoms with Gasteiger partial charge in [0.25, 0.3) is 0 Å². The van der Waals surface area contributed by atoms with Crippen LogP contribution in [0.2, 0.25) is 0 Å². The first-order valence-corrected chi connectivity index (χ1v) is 8.81. The summed E-state index contributed by atoms with van der Waals surface area (Å²) in [6.07, 6.45) is 3.49. The second-order valence-corrected chi connectivity index (χ2v) is 9.15. The van der Waals surface area contributed by atoms with Crippen molar-refractivity contribution in [1.29, 1.82) is 0 Å². The van der Waals surface area contributed by atoms with E-state index in [9.17, 15) is 8.42 Å². The van der Waals surface area contributed by atoms with E-state index in [4.69, 9.17) is 0 Å². The van der Waals surface area contributed by atoms with E-state index in [1.165, 1.54) is 17.8 Å². The van der Waals surface area contributed by atoms with Crippen molar-refractivity contribution in [2.45, 2.75) is 30.4 Å². The molecule has 17 heavy (non-hydrogen) atoms. The number of hydrogen-bond acceptors (Lipinski definition) is 3. The number of hydrogen-bond donors (Lipinski definition) is 1. The Kier molecular flexibility index (Phi) is 4.28. The Morgan fingerprint density at radius 2 is 2.24 bits per heavy atom. The first-order chi connectivity index (χ1) is 7.97. The molecule has 2 unspecified atom stereocenters. The van der Waals surface area contributed by atoms with E-state index in [2.05, 4.69) is 27.6 Å². The lowest BCUT2D eigenvalue weighted by Gasteiger charge is -2.10. The summed E-state index contributed by atoms with van der Waals surface area (Å²) in [5, 5.41) is 0. The molecule has 1 saturated carbocycles. The van der Waals surface area contributed by atoms with E-state index >= 15 is 0 Å². The van der Waals surface area contributed by atoms with Gasteiger partial charge in [0, 0.05) is 6.54 Å². The molecule has 0 aliphatic heterocycles. The third kappa shape index (κ3) is 3.53. The van der Waals surface area contributed by atoms with Gasteiger partial charge in [-0.1, -0.05) is 13.3 Å². The molecule has 1 aliphatic rings. The van der Waals surface area contributed by atoms with E-state index < -0.39 is 10.0 Å². The van der Waals surface area contributed by atoms with Crippen molar-refractivity contribution in [3.05, 3.63) is 15.9 Å². The number of thiophene rings is 1. The molecule has 1 aliphatic carbocycles. The van der Waals surface area contributed by atoms with Crippen LogP contribution in [0.3, 0.4) is 0 Å². The van der Waals surface area contributed by atoms with Gasteiger partial charge in [-0.3, -0.25) is 0 Å². The van der Waals surface area contributed by atoms with E-state index in [1.807, 2.05) is 0 Å². The van der Waals surface area contributed by atoms with Crippen molar-refractivity contribution in [2.24, 2.45) is 11.8 Å². The lowest BCUT2D eigenvalue weighted by molar-refractivity contribution is 0.499. The van der Waals surface area contributed by atoms with Crippen molar-refractivity contribution in [1.82, 2.24) is 4.72 Å². The number of halogens is 1. The summed E-state index contributed by atoms with van der Waals surface area (Å²) in [6.45, 7) is 2.80. The summed E-state index contributed by atoms with van der Waals surface area (Å²) >= 11 is 4.52. The SMILES string of the molecule is CC1CCC(CNS(=O)(=O)c2ccc(Br)s2)C1. The van der Waals surface area contributed by atoms with Crippen molar-refractivity contribution in [3.63, 3.8) is 0 Å². The summed E-state index contributed by atoms with van der Waals surface area (Å²) in [5.41, 5.74) is 0. The molecule has 0 radical (unpaired) electrons. The van der Waals surface area contributed by atoms with Gasteiger partial charge in [0.2, 0.25) is 10.0 Å². The zero-order valence-electron chi connectivity index (χ0n) is 9.65. The summed E-state index contributed by atoms with van der Waals surface area (Å²) in [5.74, 6) is 1.24. The van der Waals surface area contributed by atoms with Crippen LogP contribution in [-0.4, -0.2) is 15.0 Å². The molecular formula is C11H16BrNO2S2. The zero-order chi connectivity index (χ0) is 12.5. The predicted octanol–water partition coefficient (Wildman–Crippen LogP) is 3.23. The van der Waals surface area contributed by atoms with Crippen molar-refractivity contribution >= 4 is 37.3 Å². The minimum atomic E-state index is -3.31. The fourth-order valence-corrected chi connectivity index (χ4v) is 5.42. The Morgan fingerprint density at radius 1 is 1.47 bits per heavy atom. The molecule has 2 atom stereocenters. The monoisotopic (exact) mass is 337 g/mol. The molecular weight excluding hydrogens is 322 g/mol.